The monoisotopic (exact) mass is 300 g/mol. The van der Waals surface area contributed by atoms with Crippen molar-refractivity contribution in [3.63, 3.8) is 0 Å². The normalized spacial score (nSPS) is 11.0. The van der Waals surface area contributed by atoms with E-state index in [0.717, 1.165) is 35.6 Å². The van der Waals surface area contributed by atoms with Crippen molar-refractivity contribution < 1.29 is 4.74 Å². The third-order valence-corrected chi connectivity index (χ3v) is 3.58. The Morgan fingerprint density at radius 2 is 1.95 bits per heavy atom. The summed E-state index contributed by atoms with van der Waals surface area (Å²) in [7, 11) is 0. The van der Waals surface area contributed by atoms with E-state index in [1.54, 1.807) is 0 Å². The molecular formula is C17H17ClN2O. The number of nitrogens with zero attached hydrogens (tertiary/aromatic N) is 2. The number of fused-ring (bicyclic) bond motifs is 1. The summed E-state index contributed by atoms with van der Waals surface area (Å²) in [4.78, 5) is 4.66. The summed E-state index contributed by atoms with van der Waals surface area (Å²) in [6, 6.07) is 15.6. The third kappa shape index (κ3) is 3.03. The summed E-state index contributed by atoms with van der Waals surface area (Å²) in [6.45, 7) is 3.53. The molecule has 1 heterocycles. The molecule has 0 N–H and O–H groups in total. The van der Waals surface area contributed by atoms with Gasteiger partial charge in [-0.05, 0) is 36.8 Å². The minimum absolute atomic E-state index is 0.455. The first kappa shape index (κ1) is 14.0. The second-order valence-electron chi connectivity index (χ2n) is 4.91. The van der Waals surface area contributed by atoms with Crippen LogP contribution in [-0.4, -0.2) is 9.55 Å². The first-order valence-electron chi connectivity index (χ1n) is 7.10. The number of para-hydroxylation sites is 1. The van der Waals surface area contributed by atoms with E-state index in [0.29, 0.717) is 11.6 Å². The molecule has 0 aliphatic rings. The maximum atomic E-state index is 6.05. The molecule has 0 amide bonds. The summed E-state index contributed by atoms with van der Waals surface area (Å²) in [6.07, 6.45) is 1.05. The van der Waals surface area contributed by atoms with E-state index in [9.17, 15) is 0 Å². The van der Waals surface area contributed by atoms with Crippen molar-refractivity contribution in [2.45, 2.75) is 26.5 Å². The van der Waals surface area contributed by atoms with Crippen LogP contribution in [0.4, 0.5) is 0 Å². The van der Waals surface area contributed by atoms with Crippen LogP contribution in [0.5, 0.6) is 5.75 Å². The number of aromatic nitrogens is 2. The Morgan fingerprint density at radius 1 is 1.14 bits per heavy atom. The molecule has 3 aromatic rings. The largest absolute Gasteiger partial charge is 0.486 e. The van der Waals surface area contributed by atoms with Gasteiger partial charge in [0.05, 0.1) is 11.0 Å². The van der Waals surface area contributed by atoms with Gasteiger partial charge in [-0.15, -0.1) is 0 Å². The average molecular weight is 301 g/mol. The number of benzene rings is 2. The lowest BCUT2D eigenvalue weighted by molar-refractivity contribution is 0.290. The maximum absolute atomic E-state index is 6.05. The number of halogens is 1. The zero-order valence-corrected chi connectivity index (χ0v) is 12.7. The van der Waals surface area contributed by atoms with Gasteiger partial charge in [-0.25, -0.2) is 4.98 Å². The molecule has 0 unspecified atom stereocenters. The summed E-state index contributed by atoms with van der Waals surface area (Å²) < 4.78 is 8.03. The van der Waals surface area contributed by atoms with Gasteiger partial charge in [0.1, 0.15) is 18.2 Å². The molecule has 4 heteroatoms. The van der Waals surface area contributed by atoms with Crippen LogP contribution in [-0.2, 0) is 13.2 Å². The molecule has 3 nitrogen and oxygen atoms in total. The Labute approximate surface area is 129 Å². The Balaban J connectivity index is 1.91. The smallest absolute Gasteiger partial charge is 0.147 e. The van der Waals surface area contributed by atoms with Crippen LogP contribution < -0.4 is 4.74 Å². The zero-order valence-electron chi connectivity index (χ0n) is 11.9. The average Bonchev–Trinajstić information content (AvgIpc) is 2.84. The molecule has 2 aromatic carbocycles. The van der Waals surface area contributed by atoms with Gasteiger partial charge in [0.25, 0.3) is 0 Å². The Kier molecular flexibility index (Phi) is 4.11. The van der Waals surface area contributed by atoms with Crippen LogP contribution in [0.1, 0.15) is 19.2 Å². The number of aryl methyl sites for hydroxylation is 1. The number of ether oxygens (including phenoxy) is 1. The van der Waals surface area contributed by atoms with Crippen LogP contribution in [0, 0.1) is 0 Å². The van der Waals surface area contributed by atoms with Gasteiger partial charge < -0.3 is 9.30 Å². The van der Waals surface area contributed by atoms with Crippen LogP contribution in [0.25, 0.3) is 11.0 Å². The van der Waals surface area contributed by atoms with E-state index >= 15 is 0 Å². The van der Waals surface area contributed by atoms with E-state index < -0.39 is 0 Å². The van der Waals surface area contributed by atoms with Crippen LogP contribution in [0.3, 0.4) is 0 Å². The highest BCUT2D eigenvalue weighted by Gasteiger charge is 2.11. The van der Waals surface area contributed by atoms with Gasteiger partial charge in [0.15, 0.2) is 0 Å². The highest BCUT2D eigenvalue weighted by Crippen LogP contribution is 2.22. The molecule has 0 fully saturated rings. The lowest BCUT2D eigenvalue weighted by Gasteiger charge is -2.09. The SMILES string of the molecule is CCCn1c(COc2ccccc2)nc2cc(Cl)ccc21. The molecule has 0 atom stereocenters. The molecule has 0 aliphatic carbocycles. The molecule has 0 radical (unpaired) electrons. The first-order chi connectivity index (χ1) is 10.3. The van der Waals surface area contributed by atoms with Crippen molar-refractivity contribution in [3.8, 4) is 5.75 Å². The molecule has 21 heavy (non-hydrogen) atoms. The quantitative estimate of drug-likeness (QED) is 0.684. The fraction of sp³-hybridized carbons (Fsp3) is 0.235. The molecular weight excluding hydrogens is 284 g/mol. The molecule has 0 saturated heterocycles. The minimum atomic E-state index is 0.455. The number of rotatable bonds is 5. The fourth-order valence-corrected chi connectivity index (χ4v) is 2.57. The Morgan fingerprint density at radius 3 is 2.71 bits per heavy atom. The second kappa shape index (κ2) is 6.19. The van der Waals surface area contributed by atoms with Gasteiger partial charge in [-0.2, -0.15) is 0 Å². The number of imidazole rings is 1. The van der Waals surface area contributed by atoms with Crippen molar-refractivity contribution in [1.82, 2.24) is 9.55 Å². The maximum Gasteiger partial charge on any atom is 0.147 e. The predicted molar refractivity (Wildman–Crippen MR) is 85.8 cm³/mol. The Hall–Kier alpha value is -2.00. The molecule has 0 bridgehead atoms. The second-order valence-corrected chi connectivity index (χ2v) is 5.35. The summed E-state index contributed by atoms with van der Waals surface area (Å²) in [5.74, 6) is 1.78. The van der Waals surface area contributed by atoms with Gasteiger partial charge in [0.2, 0.25) is 0 Å². The molecule has 0 spiro atoms. The van der Waals surface area contributed by atoms with E-state index in [4.69, 9.17) is 16.3 Å². The zero-order chi connectivity index (χ0) is 14.7. The number of hydrogen-bond acceptors (Lipinski definition) is 2. The van der Waals surface area contributed by atoms with E-state index in [2.05, 4.69) is 16.5 Å². The molecule has 0 aliphatic heterocycles. The van der Waals surface area contributed by atoms with Gasteiger partial charge in [-0.1, -0.05) is 36.7 Å². The Bertz CT molecular complexity index is 737. The summed E-state index contributed by atoms with van der Waals surface area (Å²) in [5, 5.41) is 0.708. The molecule has 0 saturated carbocycles. The van der Waals surface area contributed by atoms with E-state index in [1.807, 2.05) is 48.5 Å². The fourth-order valence-electron chi connectivity index (χ4n) is 2.40. The highest BCUT2D eigenvalue weighted by atomic mass is 35.5. The van der Waals surface area contributed by atoms with Crippen molar-refractivity contribution in [1.29, 1.82) is 0 Å². The predicted octanol–water partition coefficient (Wildman–Crippen LogP) is 4.68. The molecule has 1 aromatic heterocycles. The minimum Gasteiger partial charge on any atom is -0.486 e. The van der Waals surface area contributed by atoms with Crippen LogP contribution >= 0.6 is 11.6 Å². The summed E-state index contributed by atoms with van der Waals surface area (Å²) >= 11 is 6.05. The van der Waals surface area contributed by atoms with Crippen molar-refractivity contribution in [3.05, 3.63) is 59.4 Å². The third-order valence-electron chi connectivity index (χ3n) is 3.35. The van der Waals surface area contributed by atoms with Crippen molar-refractivity contribution in [2.24, 2.45) is 0 Å². The van der Waals surface area contributed by atoms with Gasteiger partial charge >= 0.3 is 0 Å². The van der Waals surface area contributed by atoms with Crippen LogP contribution in [0.15, 0.2) is 48.5 Å². The molecule has 108 valence electrons. The number of hydrogen-bond donors (Lipinski definition) is 0. The van der Waals surface area contributed by atoms with E-state index in [1.165, 1.54) is 0 Å². The molecule has 3 rings (SSSR count). The topological polar surface area (TPSA) is 27.1 Å². The van der Waals surface area contributed by atoms with Gasteiger partial charge in [0, 0.05) is 11.6 Å². The van der Waals surface area contributed by atoms with Gasteiger partial charge in [-0.3, -0.25) is 0 Å². The lowest BCUT2D eigenvalue weighted by atomic mass is 10.3. The highest BCUT2D eigenvalue weighted by molar-refractivity contribution is 6.31. The van der Waals surface area contributed by atoms with Crippen molar-refractivity contribution >= 4 is 22.6 Å². The standard InChI is InChI=1S/C17H17ClN2O/c1-2-10-20-16-9-8-13(18)11-15(16)19-17(20)12-21-14-6-4-3-5-7-14/h3-9,11H,2,10,12H2,1H3. The summed E-state index contributed by atoms with van der Waals surface area (Å²) in [5.41, 5.74) is 2.02. The lowest BCUT2D eigenvalue weighted by Crippen LogP contribution is -2.07. The van der Waals surface area contributed by atoms with Crippen molar-refractivity contribution in [2.75, 3.05) is 0 Å². The van der Waals surface area contributed by atoms with E-state index in [-0.39, 0.29) is 0 Å². The van der Waals surface area contributed by atoms with Crippen LogP contribution in [0.2, 0.25) is 5.02 Å². The first-order valence-corrected chi connectivity index (χ1v) is 7.48.